The second-order valence-electron chi connectivity index (χ2n) is 6.12. The Morgan fingerprint density at radius 2 is 1.95 bits per heavy atom. The molecule has 3 nitrogen and oxygen atoms in total. The molecule has 0 aromatic heterocycles. The van der Waals surface area contributed by atoms with Gasteiger partial charge in [-0.15, -0.1) is 0 Å². The van der Waals surface area contributed by atoms with E-state index in [2.05, 4.69) is 43.0 Å². The molecule has 19 heavy (non-hydrogen) atoms. The van der Waals surface area contributed by atoms with Crippen molar-refractivity contribution >= 4 is 5.69 Å². The van der Waals surface area contributed by atoms with E-state index < -0.39 is 0 Å². The molecule has 0 radical (unpaired) electrons. The molecule has 0 saturated carbocycles. The number of ether oxygens (including phenoxy) is 1. The van der Waals surface area contributed by atoms with Crippen LogP contribution in [0.15, 0.2) is 24.3 Å². The fraction of sp³-hybridized carbons (Fsp3) is 0.625. The van der Waals surface area contributed by atoms with Crippen LogP contribution in [0.3, 0.4) is 0 Å². The number of nitrogens with two attached hydrogens (primary N) is 1. The van der Waals surface area contributed by atoms with Crippen LogP contribution in [0.2, 0.25) is 0 Å². The predicted molar refractivity (Wildman–Crippen MR) is 78.5 cm³/mol. The Hall–Kier alpha value is -1.06. The van der Waals surface area contributed by atoms with Crippen molar-refractivity contribution in [1.29, 1.82) is 0 Å². The van der Waals surface area contributed by atoms with Crippen molar-refractivity contribution in [3.8, 4) is 0 Å². The SMILES string of the molecule is CC1CC(CN)(N2CCc3ccccc32)CC(C)O1. The zero-order chi connectivity index (χ0) is 13.5. The molecule has 2 heterocycles. The van der Waals surface area contributed by atoms with Crippen molar-refractivity contribution < 1.29 is 4.74 Å². The molecule has 3 heteroatoms. The third-order valence-corrected chi connectivity index (χ3v) is 4.64. The molecule has 1 aromatic rings. The number of anilines is 1. The highest BCUT2D eigenvalue weighted by Gasteiger charge is 2.44. The fourth-order valence-electron chi connectivity index (χ4n) is 3.97. The van der Waals surface area contributed by atoms with Crippen LogP contribution in [0.25, 0.3) is 0 Å². The number of hydrogen-bond acceptors (Lipinski definition) is 3. The standard InChI is InChI=1S/C16H24N2O/c1-12-9-16(11-17,10-13(2)19-12)18-8-7-14-5-3-4-6-15(14)18/h3-6,12-13H,7-11,17H2,1-2H3. The molecule has 0 aliphatic carbocycles. The van der Waals surface area contributed by atoms with Crippen molar-refractivity contribution in [3.05, 3.63) is 29.8 Å². The Morgan fingerprint density at radius 3 is 2.63 bits per heavy atom. The zero-order valence-electron chi connectivity index (χ0n) is 11.9. The van der Waals surface area contributed by atoms with E-state index >= 15 is 0 Å². The lowest BCUT2D eigenvalue weighted by molar-refractivity contribution is -0.0597. The lowest BCUT2D eigenvalue weighted by atomic mass is 9.82. The van der Waals surface area contributed by atoms with Crippen LogP contribution in [-0.2, 0) is 11.2 Å². The molecule has 2 unspecified atom stereocenters. The first-order chi connectivity index (χ1) is 9.14. The number of rotatable bonds is 2. The molecule has 2 atom stereocenters. The maximum Gasteiger partial charge on any atom is 0.0573 e. The number of benzene rings is 1. The van der Waals surface area contributed by atoms with Crippen molar-refractivity contribution in [3.63, 3.8) is 0 Å². The highest BCUT2D eigenvalue weighted by molar-refractivity contribution is 5.60. The van der Waals surface area contributed by atoms with Gasteiger partial charge < -0.3 is 15.4 Å². The van der Waals surface area contributed by atoms with Gasteiger partial charge in [-0.2, -0.15) is 0 Å². The van der Waals surface area contributed by atoms with Gasteiger partial charge in [-0.05, 0) is 44.7 Å². The maximum absolute atomic E-state index is 6.20. The quantitative estimate of drug-likeness (QED) is 0.887. The van der Waals surface area contributed by atoms with Gasteiger partial charge >= 0.3 is 0 Å². The summed E-state index contributed by atoms with van der Waals surface area (Å²) in [6, 6.07) is 8.75. The Balaban J connectivity index is 1.95. The molecular weight excluding hydrogens is 236 g/mol. The highest BCUT2D eigenvalue weighted by atomic mass is 16.5. The number of nitrogens with zero attached hydrogens (tertiary/aromatic N) is 1. The lowest BCUT2D eigenvalue weighted by Crippen LogP contribution is -2.59. The molecule has 3 rings (SSSR count). The molecule has 0 amide bonds. The first kappa shape index (κ1) is 12.9. The van der Waals surface area contributed by atoms with Crippen molar-refractivity contribution in [1.82, 2.24) is 0 Å². The summed E-state index contributed by atoms with van der Waals surface area (Å²) >= 11 is 0. The Morgan fingerprint density at radius 1 is 1.26 bits per heavy atom. The van der Waals surface area contributed by atoms with E-state index in [4.69, 9.17) is 10.5 Å². The van der Waals surface area contributed by atoms with Crippen LogP contribution in [0, 0.1) is 0 Å². The van der Waals surface area contributed by atoms with Gasteiger partial charge in [0.05, 0.1) is 17.7 Å². The van der Waals surface area contributed by atoms with Gasteiger partial charge in [0.15, 0.2) is 0 Å². The highest BCUT2D eigenvalue weighted by Crippen LogP contribution is 2.40. The van der Waals surface area contributed by atoms with Crippen molar-refractivity contribution in [2.24, 2.45) is 5.73 Å². The summed E-state index contributed by atoms with van der Waals surface area (Å²) in [5.41, 5.74) is 9.12. The van der Waals surface area contributed by atoms with E-state index in [1.165, 1.54) is 11.3 Å². The molecule has 0 spiro atoms. The van der Waals surface area contributed by atoms with Gasteiger partial charge in [0.1, 0.15) is 0 Å². The van der Waals surface area contributed by atoms with Crippen LogP contribution in [0.1, 0.15) is 32.3 Å². The number of hydrogen-bond donors (Lipinski definition) is 1. The predicted octanol–water partition coefficient (Wildman–Crippen LogP) is 2.33. The van der Waals surface area contributed by atoms with Gasteiger partial charge in [-0.1, -0.05) is 18.2 Å². The normalized spacial score (nSPS) is 34.4. The minimum Gasteiger partial charge on any atom is -0.375 e. The third kappa shape index (κ3) is 2.15. The Labute approximate surface area is 115 Å². The summed E-state index contributed by atoms with van der Waals surface area (Å²) in [4.78, 5) is 2.55. The lowest BCUT2D eigenvalue weighted by Gasteiger charge is -2.49. The van der Waals surface area contributed by atoms with Crippen LogP contribution in [-0.4, -0.2) is 30.8 Å². The molecule has 2 N–H and O–H groups in total. The second kappa shape index (κ2) is 4.80. The summed E-state index contributed by atoms with van der Waals surface area (Å²) in [5.74, 6) is 0. The molecule has 0 bridgehead atoms. The summed E-state index contributed by atoms with van der Waals surface area (Å²) in [6.45, 7) is 6.14. The minimum absolute atomic E-state index is 0.0731. The fourth-order valence-corrected chi connectivity index (χ4v) is 3.97. The van der Waals surface area contributed by atoms with E-state index in [9.17, 15) is 0 Å². The van der Waals surface area contributed by atoms with Gasteiger partial charge in [-0.3, -0.25) is 0 Å². The van der Waals surface area contributed by atoms with Crippen LogP contribution >= 0.6 is 0 Å². The van der Waals surface area contributed by atoms with E-state index in [1.54, 1.807) is 0 Å². The van der Waals surface area contributed by atoms with E-state index in [1.807, 2.05) is 0 Å². The molecule has 104 valence electrons. The molecule has 1 aromatic carbocycles. The minimum atomic E-state index is 0.0731. The topological polar surface area (TPSA) is 38.5 Å². The van der Waals surface area contributed by atoms with Crippen LogP contribution in [0.5, 0.6) is 0 Å². The van der Waals surface area contributed by atoms with Gasteiger partial charge in [0.2, 0.25) is 0 Å². The zero-order valence-corrected chi connectivity index (χ0v) is 11.9. The largest absolute Gasteiger partial charge is 0.375 e. The molecule has 1 saturated heterocycles. The first-order valence-electron chi connectivity index (χ1n) is 7.36. The second-order valence-corrected chi connectivity index (χ2v) is 6.12. The third-order valence-electron chi connectivity index (χ3n) is 4.64. The van der Waals surface area contributed by atoms with Crippen LogP contribution in [0.4, 0.5) is 5.69 Å². The Bertz CT molecular complexity index is 450. The van der Waals surface area contributed by atoms with E-state index in [-0.39, 0.29) is 5.54 Å². The van der Waals surface area contributed by atoms with Crippen molar-refractivity contribution in [2.45, 2.75) is 50.9 Å². The van der Waals surface area contributed by atoms with Crippen LogP contribution < -0.4 is 10.6 Å². The van der Waals surface area contributed by atoms with Gasteiger partial charge in [0.25, 0.3) is 0 Å². The monoisotopic (exact) mass is 260 g/mol. The smallest absolute Gasteiger partial charge is 0.0573 e. The summed E-state index contributed by atoms with van der Waals surface area (Å²) in [6.07, 6.45) is 3.78. The van der Waals surface area contributed by atoms with Gasteiger partial charge in [-0.25, -0.2) is 0 Å². The van der Waals surface area contributed by atoms with E-state index in [0.717, 1.165) is 25.8 Å². The maximum atomic E-state index is 6.20. The average Bonchev–Trinajstić information content (AvgIpc) is 2.81. The molecular formula is C16H24N2O. The molecule has 2 aliphatic rings. The van der Waals surface area contributed by atoms with E-state index in [0.29, 0.717) is 18.8 Å². The number of para-hydroxylation sites is 1. The summed E-state index contributed by atoms with van der Waals surface area (Å²) in [7, 11) is 0. The van der Waals surface area contributed by atoms with Crippen molar-refractivity contribution in [2.75, 3.05) is 18.0 Å². The first-order valence-corrected chi connectivity index (χ1v) is 7.36. The number of fused-ring (bicyclic) bond motifs is 1. The Kier molecular flexibility index (Phi) is 3.27. The molecule has 1 fully saturated rings. The summed E-state index contributed by atoms with van der Waals surface area (Å²) < 4.78 is 5.91. The molecule has 2 aliphatic heterocycles. The summed E-state index contributed by atoms with van der Waals surface area (Å²) in [5, 5.41) is 0. The van der Waals surface area contributed by atoms with Gasteiger partial charge in [0, 0.05) is 18.8 Å². The average molecular weight is 260 g/mol.